The lowest BCUT2D eigenvalue weighted by atomic mass is 10.1. The summed E-state index contributed by atoms with van der Waals surface area (Å²) in [6, 6.07) is 8.94. The minimum absolute atomic E-state index is 0.00494. The van der Waals surface area contributed by atoms with Gasteiger partial charge in [0.25, 0.3) is 10.1 Å². The van der Waals surface area contributed by atoms with Crippen LogP contribution in [-0.4, -0.2) is 35.1 Å². The Kier molecular flexibility index (Phi) is 4.86. The molecule has 1 amide bonds. The number of amides is 1. The summed E-state index contributed by atoms with van der Waals surface area (Å²) in [6.07, 6.45) is -0.360. The number of carbonyl (C=O) groups is 2. The topological polar surface area (TPSA) is 101 Å². The van der Waals surface area contributed by atoms with Gasteiger partial charge < -0.3 is 4.74 Å². The molecule has 0 unspecified atom stereocenters. The first kappa shape index (κ1) is 17.2. The van der Waals surface area contributed by atoms with Crippen molar-refractivity contribution >= 4 is 22.0 Å². The number of likely N-dealkylation sites (tertiary alicyclic amines) is 1. The predicted octanol–water partition coefficient (Wildman–Crippen LogP) is 1.47. The third-order valence-electron chi connectivity index (χ3n) is 3.37. The number of nitrogens with zero attached hydrogens (tertiary/aromatic N) is 1. The van der Waals surface area contributed by atoms with E-state index in [9.17, 15) is 18.0 Å². The van der Waals surface area contributed by atoms with Crippen LogP contribution in [-0.2, 0) is 31.1 Å². The molecule has 23 heavy (non-hydrogen) atoms. The average Bonchev–Trinajstić information content (AvgIpc) is 2.47. The molecule has 0 radical (unpaired) electrons. The third-order valence-corrected chi connectivity index (χ3v) is 4.44. The van der Waals surface area contributed by atoms with Crippen LogP contribution >= 0.6 is 0 Å². The van der Waals surface area contributed by atoms with E-state index in [4.69, 9.17) is 9.29 Å². The number of rotatable bonds is 5. The zero-order valence-corrected chi connectivity index (χ0v) is 13.5. The van der Waals surface area contributed by atoms with Gasteiger partial charge in [0.15, 0.2) is 5.37 Å². The molecular formula is C15H17NO6S. The summed E-state index contributed by atoms with van der Waals surface area (Å²) in [5, 5.41) is -1.44. The Bertz CT molecular complexity index is 749. The fourth-order valence-corrected chi connectivity index (χ4v) is 3.07. The highest BCUT2D eigenvalue weighted by atomic mass is 32.2. The van der Waals surface area contributed by atoms with Crippen molar-refractivity contribution in [2.24, 2.45) is 0 Å². The largest absolute Gasteiger partial charge is 0.456 e. The Labute approximate surface area is 134 Å². The van der Waals surface area contributed by atoms with Crippen molar-refractivity contribution in [1.29, 1.82) is 0 Å². The van der Waals surface area contributed by atoms with E-state index in [1.165, 1.54) is 0 Å². The molecule has 0 bridgehead atoms. The van der Waals surface area contributed by atoms with Gasteiger partial charge in [-0.05, 0) is 25.0 Å². The first-order chi connectivity index (χ1) is 10.7. The number of allylic oxidation sites excluding steroid dienone is 1. The maximum absolute atomic E-state index is 12.3. The maximum atomic E-state index is 12.3. The molecule has 1 N–H and O–H groups in total. The SMILES string of the molecule is CC(C)=C(C(=O)OCc1ccccc1)N1C(=O)C[C@H]1S(=O)(=O)O. The van der Waals surface area contributed by atoms with Crippen molar-refractivity contribution in [3.63, 3.8) is 0 Å². The molecule has 7 nitrogen and oxygen atoms in total. The minimum atomic E-state index is -4.46. The van der Waals surface area contributed by atoms with Gasteiger partial charge in [0, 0.05) is 0 Å². The highest BCUT2D eigenvalue weighted by Crippen LogP contribution is 2.30. The van der Waals surface area contributed by atoms with E-state index in [1.54, 1.807) is 38.1 Å². The lowest BCUT2D eigenvalue weighted by Crippen LogP contribution is -2.57. The second-order valence-electron chi connectivity index (χ2n) is 5.35. The second-order valence-corrected chi connectivity index (χ2v) is 6.92. The highest BCUT2D eigenvalue weighted by molar-refractivity contribution is 7.86. The molecule has 0 aromatic heterocycles. The summed E-state index contributed by atoms with van der Waals surface area (Å²) < 4.78 is 36.9. The summed E-state index contributed by atoms with van der Waals surface area (Å²) in [6.45, 7) is 3.12. The molecule has 1 saturated heterocycles. The Morgan fingerprint density at radius 3 is 2.39 bits per heavy atom. The van der Waals surface area contributed by atoms with Gasteiger partial charge in [0.2, 0.25) is 5.91 Å². The predicted molar refractivity (Wildman–Crippen MR) is 81.4 cm³/mol. The van der Waals surface area contributed by atoms with Crippen LogP contribution in [0.15, 0.2) is 41.6 Å². The van der Waals surface area contributed by atoms with Crippen LogP contribution in [0, 0.1) is 0 Å². The molecule has 1 aliphatic heterocycles. The molecule has 1 aliphatic rings. The van der Waals surface area contributed by atoms with E-state index in [0.29, 0.717) is 5.57 Å². The van der Waals surface area contributed by atoms with Gasteiger partial charge in [-0.1, -0.05) is 30.3 Å². The number of hydrogen-bond acceptors (Lipinski definition) is 5. The molecule has 1 aromatic carbocycles. The van der Waals surface area contributed by atoms with Gasteiger partial charge in [-0.2, -0.15) is 8.42 Å². The third kappa shape index (κ3) is 3.77. The molecule has 8 heteroatoms. The highest BCUT2D eigenvalue weighted by Gasteiger charge is 2.48. The van der Waals surface area contributed by atoms with Gasteiger partial charge >= 0.3 is 5.97 Å². The smallest absolute Gasteiger partial charge is 0.355 e. The van der Waals surface area contributed by atoms with Gasteiger partial charge in [0.05, 0.1) is 6.42 Å². The van der Waals surface area contributed by atoms with Crippen molar-refractivity contribution in [1.82, 2.24) is 4.90 Å². The Morgan fingerprint density at radius 2 is 1.91 bits per heavy atom. The van der Waals surface area contributed by atoms with Crippen LogP contribution in [0.25, 0.3) is 0 Å². The first-order valence-electron chi connectivity index (χ1n) is 6.88. The van der Waals surface area contributed by atoms with Crippen LogP contribution in [0.5, 0.6) is 0 Å². The van der Waals surface area contributed by atoms with Crippen LogP contribution in [0.4, 0.5) is 0 Å². The molecule has 0 saturated carbocycles. The van der Waals surface area contributed by atoms with E-state index in [2.05, 4.69) is 0 Å². The normalized spacial score (nSPS) is 17.4. The molecule has 1 atom stereocenters. The minimum Gasteiger partial charge on any atom is -0.456 e. The van der Waals surface area contributed by atoms with Crippen molar-refractivity contribution in [2.75, 3.05) is 0 Å². The molecular weight excluding hydrogens is 322 g/mol. The summed E-state index contributed by atoms with van der Waals surface area (Å²) in [7, 11) is -4.46. The van der Waals surface area contributed by atoms with E-state index in [-0.39, 0.29) is 18.7 Å². The molecule has 1 aromatic rings. The van der Waals surface area contributed by atoms with Crippen LogP contribution in [0.2, 0.25) is 0 Å². The number of esters is 1. The first-order valence-corrected chi connectivity index (χ1v) is 8.39. The van der Waals surface area contributed by atoms with Gasteiger partial charge in [-0.3, -0.25) is 14.2 Å². The van der Waals surface area contributed by atoms with Crippen molar-refractivity contribution in [3.05, 3.63) is 47.2 Å². The van der Waals surface area contributed by atoms with E-state index in [0.717, 1.165) is 10.5 Å². The Hall–Kier alpha value is -2.19. The van der Waals surface area contributed by atoms with Gasteiger partial charge in [-0.25, -0.2) is 4.79 Å². The number of benzene rings is 1. The van der Waals surface area contributed by atoms with Crippen molar-refractivity contribution in [3.8, 4) is 0 Å². The van der Waals surface area contributed by atoms with Crippen LogP contribution in [0.3, 0.4) is 0 Å². The molecule has 2 rings (SSSR count). The quantitative estimate of drug-likeness (QED) is 0.377. The van der Waals surface area contributed by atoms with Crippen molar-refractivity contribution in [2.45, 2.75) is 32.2 Å². The molecule has 0 aliphatic carbocycles. The lowest BCUT2D eigenvalue weighted by Gasteiger charge is -2.38. The van der Waals surface area contributed by atoms with Gasteiger partial charge in [0.1, 0.15) is 12.3 Å². The van der Waals surface area contributed by atoms with Crippen LogP contribution < -0.4 is 0 Å². The molecule has 1 fully saturated rings. The lowest BCUT2D eigenvalue weighted by molar-refractivity contribution is -0.150. The Morgan fingerprint density at radius 1 is 1.30 bits per heavy atom. The summed E-state index contributed by atoms with van der Waals surface area (Å²) >= 11 is 0. The average molecular weight is 339 g/mol. The van der Waals surface area contributed by atoms with Gasteiger partial charge in [-0.15, -0.1) is 0 Å². The maximum Gasteiger partial charge on any atom is 0.355 e. The second kappa shape index (κ2) is 6.51. The summed E-state index contributed by atoms with van der Waals surface area (Å²) in [5.41, 5.74) is 1.03. The fraction of sp³-hybridized carbons (Fsp3) is 0.333. The number of ether oxygens (including phenoxy) is 1. The standard InChI is InChI=1S/C15H17NO6S/c1-10(2)14(16-12(17)8-13(16)23(19,20)21)15(18)22-9-11-6-4-3-5-7-11/h3-7,13H,8-9H2,1-2H3,(H,19,20,21)/t13-/m1/s1. The van der Waals surface area contributed by atoms with E-state index >= 15 is 0 Å². The summed E-state index contributed by atoms with van der Waals surface area (Å²) in [4.78, 5) is 24.8. The zero-order chi connectivity index (χ0) is 17.2. The molecule has 1 heterocycles. The van der Waals surface area contributed by atoms with E-state index < -0.39 is 27.4 Å². The number of carbonyl (C=O) groups excluding carboxylic acids is 2. The number of β-lactam (4-membered cyclic amide) rings is 1. The van der Waals surface area contributed by atoms with Crippen molar-refractivity contribution < 1.29 is 27.3 Å². The van der Waals surface area contributed by atoms with E-state index in [1.807, 2.05) is 6.07 Å². The summed E-state index contributed by atoms with van der Waals surface area (Å²) in [5.74, 6) is -1.36. The molecule has 0 spiro atoms. The number of hydrogen-bond donors (Lipinski definition) is 1. The fourth-order valence-electron chi connectivity index (χ4n) is 2.23. The zero-order valence-electron chi connectivity index (χ0n) is 12.7. The van der Waals surface area contributed by atoms with Crippen LogP contribution in [0.1, 0.15) is 25.8 Å². The monoisotopic (exact) mass is 339 g/mol. The molecule has 124 valence electrons. The Balaban J connectivity index is 2.17.